The molecule has 29 heavy (non-hydrogen) atoms. The lowest BCUT2D eigenvalue weighted by Crippen LogP contribution is -1.89. The molecule has 2 aromatic heterocycles. The van der Waals surface area contributed by atoms with Gasteiger partial charge in [-0.25, -0.2) is 0 Å². The van der Waals surface area contributed by atoms with Crippen molar-refractivity contribution < 1.29 is 18.9 Å². The molecule has 0 radical (unpaired) electrons. The fourth-order valence-electron chi connectivity index (χ4n) is 3.10. The van der Waals surface area contributed by atoms with E-state index in [1.54, 1.807) is 62.4 Å². The van der Waals surface area contributed by atoms with Gasteiger partial charge in [-0.3, -0.25) is 0 Å². The molecule has 4 aromatic rings. The minimum atomic E-state index is 0.758. The highest BCUT2D eigenvalue weighted by Gasteiger charge is 2.22. The van der Waals surface area contributed by atoms with Crippen molar-refractivity contribution in [2.24, 2.45) is 0 Å². The van der Waals surface area contributed by atoms with Gasteiger partial charge in [0.15, 0.2) is 0 Å². The average Bonchev–Trinajstić information content (AvgIpc) is 3.30. The van der Waals surface area contributed by atoms with Crippen LogP contribution in [0, 0.1) is 3.14 Å². The van der Waals surface area contributed by atoms with E-state index in [2.05, 4.69) is 0 Å². The van der Waals surface area contributed by atoms with Crippen molar-refractivity contribution >= 4 is 55.6 Å². The van der Waals surface area contributed by atoms with E-state index < -0.39 is 0 Å². The fraction of sp³-hybridized carbons (Fsp3) is 0.190. The van der Waals surface area contributed by atoms with Gasteiger partial charge in [0.2, 0.25) is 0 Å². The molecule has 2 aromatic carbocycles. The van der Waals surface area contributed by atoms with E-state index in [1.807, 2.05) is 36.4 Å². The van der Waals surface area contributed by atoms with Crippen molar-refractivity contribution in [2.45, 2.75) is 0 Å². The SMILES string of the molecule is COc1ccc(-c2sc(-c3ccc(OC)cc3OC)c3sc(=S)sc23)c(OC)c1. The van der Waals surface area contributed by atoms with Crippen LogP contribution >= 0.6 is 46.2 Å². The zero-order valence-corrected chi connectivity index (χ0v) is 19.5. The second kappa shape index (κ2) is 8.31. The predicted molar refractivity (Wildman–Crippen MR) is 125 cm³/mol. The van der Waals surface area contributed by atoms with E-state index >= 15 is 0 Å². The van der Waals surface area contributed by atoms with Gasteiger partial charge in [-0.05, 0) is 24.3 Å². The minimum Gasteiger partial charge on any atom is -0.497 e. The fourth-order valence-corrected chi connectivity index (χ4v) is 7.43. The van der Waals surface area contributed by atoms with Crippen molar-refractivity contribution in [3.8, 4) is 43.9 Å². The number of fused-ring (bicyclic) bond motifs is 1. The number of thiophene rings is 1. The van der Waals surface area contributed by atoms with Crippen LogP contribution < -0.4 is 18.9 Å². The normalized spacial score (nSPS) is 10.9. The summed E-state index contributed by atoms with van der Waals surface area (Å²) in [6.07, 6.45) is 0. The summed E-state index contributed by atoms with van der Waals surface area (Å²) in [7, 11) is 6.64. The van der Waals surface area contributed by atoms with Gasteiger partial charge in [-0.15, -0.1) is 34.0 Å². The van der Waals surface area contributed by atoms with Crippen molar-refractivity contribution in [2.75, 3.05) is 28.4 Å². The van der Waals surface area contributed by atoms with Gasteiger partial charge >= 0.3 is 0 Å². The highest BCUT2D eigenvalue weighted by molar-refractivity contribution is 7.77. The Morgan fingerprint density at radius 3 is 1.45 bits per heavy atom. The maximum absolute atomic E-state index is 5.66. The molecule has 8 heteroatoms. The minimum absolute atomic E-state index is 0.758. The third-order valence-corrected chi connectivity index (χ3v) is 8.70. The summed E-state index contributed by atoms with van der Waals surface area (Å²) in [6, 6.07) is 11.8. The highest BCUT2D eigenvalue weighted by atomic mass is 32.2. The first-order valence-corrected chi connectivity index (χ1v) is 11.5. The molecule has 0 aliphatic rings. The number of methoxy groups -OCH3 is 4. The van der Waals surface area contributed by atoms with Crippen LogP contribution in [0.25, 0.3) is 30.3 Å². The van der Waals surface area contributed by atoms with Crippen LogP contribution in [0.4, 0.5) is 0 Å². The Hall–Kier alpha value is -2.13. The van der Waals surface area contributed by atoms with Crippen LogP contribution in [-0.2, 0) is 0 Å². The summed E-state index contributed by atoms with van der Waals surface area (Å²) >= 11 is 10.5. The summed E-state index contributed by atoms with van der Waals surface area (Å²) in [4.78, 5) is 2.26. The molecule has 0 atom stereocenters. The summed E-state index contributed by atoms with van der Waals surface area (Å²) in [6.45, 7) is 0. The summed E-state index contributed by atoms with van der Waals surface area (Å²) in [5.41, 5.74) is 2.04. The molecule has 0 aliphatic heterocycles. The summed E-state index contributed by atoms with van der Waals surface area (Å²) in [5.74, 6) is 3.05. The second-order valence-corrected chi connectivity index (χ2v) is 10.3. The van der Waals surface area contributed by atoms with Crippen LogP contribution in [0.3, 0.4) is 0 Å². The molecule has 0 spiro atoms. The van der Waals surface area contributed by atoms with Crippen molar-refractivity contribution in [3.63, 3.8) is 0 Å². The van der Waals surface area contributed by atoms with Gasteiger partial charge in [0, 0.05) is 23.3 Å². The van der Waals surface area contributed by atoms with Crippen LogP contribution in [0.5, 0.6) is 23.0 Å². The van der Waals surface area contributed by atoms with Crippen molar-refractivity contribution in [3.05, 3.63) is 39.5 Å². The topological polar surface area (TPSA) is 36.9 Å². The molecular formula is C21H18O4S4. The van der Waals surface area contributed by atoms with E-state index in [9.17, 15) is 0 Å². The number of ether oxygens (including phenoxy) is 4. The van der Waals surface area contributed by atoms with Gasteiger partial charge in [0.05, 0.1) is 47.6 Å². The van der Waals surface area contributed by atoms with E-state index in [4.69, 9.17) is 31.2 Å². The molecule has 150 valence electrons. The molecule has 0 amide bonds. The average molecular weight is 463 g/mol. The second-order valence-electron chi connectivity index (χ2n) is 6.01. The first kappa shape index (κ1) is 20.2. The number of hydrogen-bond donors (Lipinski definition) is 0. The van der Waals surface area contributed by atoms with Gasteiger partial charge < -0.3 is 18.9 Å². The molecular weight excluding hydrogens is 444 g/mol. The van der Waals surface area contributed by atoms with E-state index in [0.29, 0.717) is 0 Å². The lowest BCUT2D eigenvalue weighted by molar-refractivity contribution is 0.395. The highest BCUT2D eigenvalue weighted by Crippen LogP contribution is 2.52. The Balaban J connectivity index is 1.98. The molecule has 0 bridgehead atoms. The zero-order chi connectivity index (χ0) is 20.5. The van der Waals surface area contributed by atoms with Crippen LogP contribution in [-0.4, -0.2) is 28.4 Å². The third kappa shape index (κ3) is 3.61. The Kier molecular flexibility index (Phi) is 5.78. The molecule has 0 saturated heterocycles. The van der Waals surface area contributed by atoms with E-state index in [-0.39, 0.29) is 0 Å². The monoisotopic (exact) mass is 462 g/mol. The Labute approximate surface area is 185 Å². The Morgan fingerprint density at radius 1 is 0.621 bits per heavy atom. The molecule has 0 aliphatic carbocycles. The standard InChI is InChI=1S/C21H18O4S4/c1-22-11-5-7-13(15(9-11)24-3)17-19-20(29-21(26)28-19)18(27-17)14-8-6-12(23-2)10-16(14)25-4/h5-10H,1-4H3. The zero-order valence-electron chi connectivity index (χ0n) is 16.2. The predicted octanol–water partition coefficient (Wildman–Crippen LogP) is 7.12. The van der Waals surface area contributed by atoms with Gasteiger partial charge in [-0.1, -0.05) is 12.2 Å². The summed E-state index contributed by atoms with van der Waals surface area (Å²) in [5, 5.41) is 0. The number of hydrogen-bond acceptors (Lipinski definition) is 8. The smallest absolute Gasteiger partial charge is 0.144 e. The van der Waals surface area contributed by atoms with Gasteiger partial charge in [-0.2, -0.15) is 0 Å². The third-order valence-electron chi connectivity index (χ3n) is 4.50. The van der Waals surface area contributed by atoms with E-state index in [1.165, 1.54) is 9.40 Å². The first-order chi connectivity index (χ1) is 14.1. The quantitative estimate of drug-likeness (QED) is 0.285. The van der Waals surface area contributed by atoms with Crippen LogP contribution in [0.2, 0.25) is 0 Å². The van der Waals surface area contributed by atoms with E-state index in [0.717, 1.165) is 47.0 Å². The molecule has 0 unspecified atom stereocenters. The lowest BCUT2D eigenvalue weighted by Gasteiger charge is -2.10. The molecule has 0 fully saturated rings. The van der Waals surface area contributed by atoms with Crippen molar-refractivity contribution in [1.29, 1.82) is 0 Å². The van der Waals surface area contributed by atoms with Gasteiger partial charge in [0.1, 0.15) is 26.1 Å². The summed E-state index contributed by atoms with van der Waals surface area (Å²) < 4.78 is 25.2. The van der Waals surface area contributed by atoms with Crippen LogP contribution in [0.1, 0.15) is 0 Å². The Bertz CT molecular complexity index is 1140. The Morgan fingerprint density at radius 2 is 1.07 bits per heavy atom. The molecule has 2 heterocycles. The molecule has 4 nitrogen and oxygen atoms in total. The van der Waals surface area contributed by atoms with Crippen LogP contribution in [0.15, 0.2) is 36.4 Å². The number of benzene rings is 2. The number of rotatable bonds is 6. The first-order valence-electron chi connectivity index (χ1n) is 8.60. The lowest BCUT2D eigenvalue weighted by atomic mass is 10.1. The molecule has 4 rings (SSSR count). The van der Waals surface area contributed by atoms with Gasteiger partial charge in [0.25, 0.3) is 0 Å². The van der Waals surface area contributed by atoms with Crippen molar-refractivity contribution in [1.82, 2.24) is 0 Å². The molecule has 0 saturated carbocycles. The maximum atomic E-state index is 5.66. The maximum Gasteiger partial charge on any atom is 0.144 e. The largest absolute Gasteiger partial charge is 0.497 e. The molecule has 0 N–H and O–H groups in total.